The quantitative estimate of drug-likeness (QED) is 0.668. The highest BCUT2D eigenvalue weighted by Gasteiger charge is 2.12. The first kappa shape index (κ1) is 18.8. The van der Waals surface area contributed by atoms with Crippen LogP contribution in [0.3, 0.4) is 0 Å². The molecule has 0 saturated carbocycles. The fourth-order valence-corrected chi connectivity index (χ4v) is 3.58. The van der Waals surface area contributed by atoms with E-state index in [1.165, 1.54) is 0 Å². The summed E-state index contributed by atoms with van der Waals surface area (Å²) in [4.78, 5) is 10.9. The van der Waals surface area contributed by atoms with Crippen LogP contribution in [0.1, 0.15) is 34.8 Å². The number of nitrogens with one attached hydrogen (secondary N) is 2. The second kappa shape index (κ2) is 8.02. The monoisotopic (exact) mass is 362 g/mol. The molecule has 0 aliphatic carbocycles. The molecule has 0 heterocycles. The number of carboxylic acid groups (broad SMARTS) is 1. The summed E-state index contributed by atoms with van der Waals surface area (Å²) < 4.78 is 26.5. The zero-order chi connectivity index (χ0) is 18.4. The lowest BCUT2D eigenvalue weighted by molar-refractivity contribution is 0.0697. The van der Waals surface area contributed by atoms with Crippen molar-refractivity contribution in [1.82, 2.24) is 0 Å². The van der Waals surface area contributed by atoms with Crippen molar-refractivity contribution in [2.45, 2.75) is 26.8 Å². The summed E-state index contributed by atoms with van der Waals surface area (Å²) in [6, 6.07) is 12.0. The van der Waals surface area contributed by atoms with Crippen molar-refractivity contribution in [3.05, 3.63) is 59.2 Å². The lowest BCUT2D eigenvalue weighted by atomic mass is 10.1. The van der Waals surface area contributed by atoms with Crippen LogP contribution in [0, 0.1) is 6.92 Å². The Labute approximate surface area is 147 Å². The van der Waals surface area contributed by atoms with E-state index in [2.05, 4.69) is 10.0 Å². The van der Waals surface area contributed by atoms with Crippen LogP contribution in [0.2, 0.25) is 0 Å². The lowest BCUT2D eigenvalue weighted by Crippen LogP contribution is -2.17. The number of sulfonamides is 1. The SMILES string of the molecule is CCCS(=O)(=O)Nc1cccc(NCc2ccc(C(=O)O)cc2)c1C. The van der Waals surface area contributed by atoms with Gasteiger partial charge in [-0.25, -0.2) is 13.2 Å². The van der Waals surface area contributed by atoms with Gasteiger partial charge in [0.05, 0.1) is 17.0 Å². The molecule has 134 valence electrons. The zero-order valence-electron chi connectivity index (χ0n) is 14.2. The van der Waals surface area contributed by atoms with Crippen molar-refractivity contribution in [3.8, 4) is 0 Å². The Kier molecular flexibility index (Phi) is 6.03. The van der Waals surface area contributed by atoms with Crippen LogP contribution in [0.25, 0.3) is 0 Å². The van der Waals surface area contributed by atoms with E-state index in [4.69, 9.17) is 5.11 Å². The molecule has 6 nitrogen and oxygen atoms in total. The average Bonchev–Trinajstić information content (AvgIpc) is 2.55. The van der Waals surface area contributed by atoms with Crippen LogP contribution < -0.4 is 10.0 Å². The maximum atomic E-state index is 12.0. The minimum atomic E-state index is -3.34. The fraction of sp³-hybridized carbons (Fsp3) is 0.278. The molecule has 0 bridgehead atoms. The number of hydrogen-bond acceptors (Lipinski definition) is 4. The zero-order valence-corrected chi connectivity index (χ0v) is 15.1. The average molecular weight is 362 g/mol. The normalized spacial score (nSPS) is 11.1. The van der Waals surface area contributed by atoms with Crippen LogP contribution >= 0.6 is 0 Å². The fourth-order valence-electron chi connectivity index (χ4n) is 2.39. The molecule has 0 aliphatic rings. The van der Waals surface area contributed by atoms with E-state index in [9.17, 15) is 13.2 Å². The van der Waals surface area contributed by atoms with Gasteiger partial charge in [0.2, 0.25) is 10.0 Å². The van der Waals surface area contributed by atoms with Gasteiger partial charge in [-0.15, -0.1) is 0 Å². The molecule has 2 rings (SSSR count). The number of aromatic carboxylic acids is 1. The molecule has 2 aromatic carbocycles. The summed E-state index contributed by atoms with van der Waals surface area (Å²) in [5, 5.41) is 12.2. The molecule has 3 N–H and O–H groups in total. The predicted molar refractivity (Wildman–Crippen MR) is 99.6 cm³/mol. The summed E-state index contributed by atoms with van der Waals surface area (Å²) in [7, 11) is -3.34. The molecule has 0 atom stereocenters. The molecule has 0 radical (unpaired) electrons. The Hall–Kier alpha value is -2.54. The Morgan fingerprint density at radius 3 is 2.32 bits per heavy atom. The molecule has 25 heavy (non-hydrogen) atoms. The van der Waals surface area contributed by atoms with E-state index in [-0.39, 0.29) is 11.3 Å². The van der Waals surface area contributed by atoms with Crippen molar-refractivity contribution in [2.24, 2.45) is 0 Å². The summed E-state index contributed by atoms with van der Waals surface area (Å²) in [6.07, 6.45) is 0.554. The number of rotatable bonds is 8. The highest BCUT2D eigenvalue weighted by molar-refractivity contribution is 7.92. The van der Waals surface area contributed by atoms with E-state index in [0.29, 0.717) is 18.7 Å². The van der Waals surface area contributed by atoms with Gasteiger partial charge in [-0.3, -0.25) is 4.72 Å². The number of hydrogen-bond donors (Lipinski definition) is 3. The second-order valence-electron chi connectivity index (χ2n) is 5.75. The molecule has 0 fully saturated rings. The van der Waals surface area contributed by atoms with E-state index < -0.39 is 16.0 Å². The summed E-state index contributed by atoms with van der Waals surface area (Å²) in [5.74, 6) is -0.873. The number of carbonyl (C=O) groups is 1. The highest BCUT2D eigenvalue weighted by atomic mass is 32.2. The van der Waals surface area contributed by atoms with Gasteiger partial charge in [0.1, 0.15) is 0 Å². The predicted octanol–water partition coefficient (Wildman–Crippen LogP) is 3.46. The Balaban J connectivity index is 2.10. The van der Waals surface area contributed by atoms with Crippen molar-refractivity contribution in [1.29, 1.82) is 0 Å². The minimum Gasteiger partial charge on any atom is -0.478 e. The standard InChI is InChI=1S/C18H22N2O4S/c1-3-11-25(23,24)20-17-6-4-5-16(13(17)2)19-12-14-7-9-15(10-8-14)18(21)22/h4-10,19-20H,3,11-12H2,1-2H3,(H,21,22). The third-order valence-corrected chi connectivity index (χ3v) is 5.23. The Morgan fingerprint density at radius 2 is 1.72 bits per heavy atom. The molecule has 2 aromatic rings. The lowest BCUT2D eigenvalue weighted by Gasteiger charge is -2.15. The van der Waals surface area contributed by atoms with Gasteiger partial charge in [0, 0.05) is 12.2 Å². The van der Waals surface area contributed by atoms with E-state index in [1.807, 2.05) is 19.9 Å². The molecule has 0 aromatic heterocycles. The van der Waals surface area contributed by atoms with Crippen molar-refractivity contribution in [3.63, 3.8) is 0 Å². The number of benzene rings is 2. The third-order valence-electron chi connectivity index (χ3n) is 3.76. The van der Waals surface area contributed by atoms with Crippen molar-refractivity contribution < 1.29 is 18.3 Å². The van der Waals surface area contributed by atoms with Gasteiger partial charge in [-0.05, 0) is 48.7 Å². The van der Waals surface area contributed by atoms with E-state index in [1.54, 1.807) is 36.4 Å². The van der Waals surface area contributed by atoms with Crippen LogP contribution in [0.15, 0.2) is 42.5 Å². The molecule has 0 spiro atoms. The first-order valence-corrected chi connectivity index (χ1v) is 9.64. The summed E-state index contributed by atoms with van der Waals surface area (Å²) in [6.45, 7) is 4.17. The smallest absolute Gasteiger partial charge is 0.335 e. The minimum absolute atomic E-state index is 0.0834. The van der Waals surface area contributed by atoms with Crippen molar-refractivity contribution in [2.75, 3.05) is 15.8 Å². The van der Waals surface area contributed by atoms with Gasteiger partial charge in [-0.2, -0.15) is 0 Å². The van der Waals surface area contributed by atoms with Crippen molar-refractivity contribution >= 4 is 27.4 Å². The number of carboxylic acids is 1. The Morgan fingerprint density at radius 1 is 1.08 bits per heavy atom. The molecule has 0 amide bonds. The molecule has 0 saturated heterocycles. The van der Waals surface area contributed by atoms with Crippen LogP contribution in [-0.4, -0.2) is 25.2 Å². The third kappa shape index (κ3) is 5.22. The first-order valence-electron chi connectivity index (χ1n) is 7.98. The molecule has 0 unspecified atom stereocenters. The van der Waals surface area contributed by atoms with Gasteiger partial charge < -0.3 is 10.4 Å². The van der Waals surface area contributed by atoms with Gasteiger partial charge in [0.15, 0.2) is 0 Å². The first-order chi connectivity index (χ1) is 11.8. The van der Waals surface area contributed by atoms with Gasteiger partial charge in [0.25, 0.3) is 0 Å². The summed E-state index contributed by atoms with van der Waals surface area (Å²) in [5.41, 5.74) is 3.36. The molecular formula is C18H22N2O4S. The molecular weight excluding hydrogens is 340 g/mol. The van der Waals surface area contributed by atoms with Crippen LogP contribution in [0.5, 0.6) is 0 Å². The maximum absolute atomic E-state index is 12.0. The van der Waals surface area contributed by atoms with Crippen LogP contribution in [-0.2, 0) is 16.6 Å². The topological polar surface area (TPSA) is 95.5 Å². The van der Waals surface area contributed by atoms with Gasteiger partial charge in [-0.1, -0.05) is 25.1 Å². The van der Waals surface area contributed by atoms with E-state index >= 15 is 0 Å². The molecule has 0 aliphatic heterocycles. The highest BCUT2D eigenvalue weighted by Crippen LogP contribution is 2.25. The van der Waals surface area contributed by atoms with E-state index in [0.717, 1.165) is 16.8 Å². The summed E-state index contributed by atoms with van der Waals surface area (Å²) >= 11 is 0. The largest absolute Gasteiger partial charge is 0.478 e. The number of anilines is 2. The van der Waals surface area contributed by atoms with Crippen LogP contribution in [0.4, 0.5) is 11.4 Å². The molecule has 7 heteroatoms. The van der Waals surface area contributed by atoms with Gasteiger partial charge >= 0.3 is 5.97 Å². The Bertz CT molecular complexity index is 846. The maximum Gasteiger partial charge on any atom is 0.335 e. The second-order valence-corrected chi connectivity index (χ2v) is 7.60.